The summed E-state index contributed by atoms with van der Waals surface area (Å²) in [4.78, 5) is 12.2. The summed E-state index contributed by atoms with van der Waals surface area (Å²) in [5.41, 5.74) is 3.69. The van der Waals surface area contributed by atoms with Crippen molar-refractivity contribution in [1.29, 1.82) is 10.5 Å². The van der Waals surface area contributed by atoms with Gasteiger partial charge in [0, 0.05) is 10.7 Å². The molecule has 0 unspecified atom stereocenters. The van der Waals surface area contributed by atoms with Gasteiger partial charge in [0.1, 0.15) is 12.1 Å². The zero-order chi connectivity index (χ0) is 17.5. The fourth-order valence-corrected chi connectivity index (χ4v) is 2.19. The first-order chi connectivity index (χ1) is 11.5. The lowest BCUT2D eigenvalue weighted by atomic mass is 10.2. The molecule has 24 heavy (non-hydrogen) atoms. The van der Waals surface area contributed by atoms with Crippen LogP contribution in [0.1, 0.15) is 10.4 Å². The van der Waals surface area contributed by atoms with E-state index in [9.17, 15) is 4.79 Å². The Morgan fingerprint density at radius 2 is 1.62 bits per heavy atom. The highest BCUT2D eigenvalue weighted by Gasteiger charge is 2.11. The Morgan fingerprint density at radius 1 is 1.00 bits per heavy atom. The Hall–Kier alpha value is -3.06. The van der Waals surface area contributed by atoms with Crippen LogP contribution in [0.5, 0.6) is 0 Å². The predicted octanol–water partition coefficient (Wildman–Crippen LogP) is 4.06. The number of benzene rings is 2. The molecule has 1 amide bonds. The fourth-order valence-electron chi connectivity index (χ4n) is 1.70. The molecule has 2 aromatic carbocycles. The second-order valence-corrected chi connectivity index (χ2v) is 5.30. The molecule has 2 aromatic rings. The summed E-state index contributed by atoms with van der Waals surface area (Å²) in [5, 5.41) is 24.2. The molecule has 0 saturated carbocycles. The molecular weight excluding hydrogens is 349 g/mol. The average molecular weight is 358 g/mol. The van der Waals surface area contributed by atoms with Crippen LogP contribution < -0.4 is 10.7 Å². The van der Waals surface area contributed by atoms with Crippen LogP contribution >= 0.6 is 23.2 Å². The highest BCUT2D eigenvalue weighted by atomic mass is 35.5. The minimum absolute atomic E-state index is 0.258. The molecule has 0 bridgehead atoms. The highest BCUT2D eigenvalue weighted by Crippen LogP contribution is 2.22. The largest absolute Gasteiger partial charge is 0.322 e. The number of hydrogen-bond donors (Lipinski definition) is 2. The summed E-state index contributed by atoms with van der Waals surface area (Å²) in [5.74, 6) is -0.369. The lowest BCUT2D eigenvalue weighted by molar-refractivity contribution is 0.102. The molecule has 8 heteroatoms. The molecular formula is C16H9Cl2N5O. The number of hydrazone groups is 1. The van der Waals surface area contributed by atoms with E-state index in [0.29, 0.717) is 22.0 Å². The Kier molecular flexibility index (Phi) is 5.75. The molecule has 0 aliphatic heterocycles. The molecule has 0 spiro atoms. The topological polar surface area (TPSA) is 101 Å². The van der Waals surface area contributed by atoms with E-state index in [-0.39, 0.29) is 16.6 Å². The molecule has 2 rings (SSSR count). The number of carbonyl (C=O) groups is 1. The quantitative estimate of drug-likeness (QED) is 0.636. The van der Waals surface area contributed by atoms with Gasteiger partial charge in [-0.25, -0.2) is 0 Å². The number of nitriles is 2. The van der Waals surface area contributed by atoms with Crippen LogP contribution in [0.25, 0.3) is 0 Å². The second-order valence-electron chi connectivity index (χ2n) is 4.45. The van der Waals surface area contributed by atoms with Gasteiger partial charge >= 0.3 is 0 Å². The number of hydrogen-bond acceptors (Lipinski definition) is 5. The summed E-state index contributed by atoms with van der Waals surface area (Å²) in [6.45, 7) is 0. The second kappa shape index (κ2) is 7.98. The molecule has 6 nitrogen and oxygen atoms in total. The molecule has 0 fully saturated rings. The van der Waals surface area contributed by atoms with Gasteiger partial charge < -0.3 is 5.32 Å². The van der Waals surface area contributed by atoms with Crippen molar-refractivity contribution >= 4 is 46.2 Å². The third-order valence-corrected chi connectivity index (χ3v) is 3.37. The highest BCUT2D eigenvalue weighted by molar-refractivity contribution is 6.37. The van der Waals surface area contributed by atoms with Gasteiger partial charge in [-0.3, -0.25) is 10.2 Å². The van der Waals surface area contributed by atoms with E-state index in [0.717, 1.165) is 0 Å². The van der Waals surface area contributed by atoms with Gasteiger partial charge in [0.2, 0.25) is 5.71 Å². The third kappa shape index (κ3) is 4.47. The summed E-state index contributed by atoms with van der Waals surface area (Å²) in [7, 11) is 0. The van der Waals surface area contributed by atoms with Gasteiger partial charge in [0.05, 0.1) is 16.3 Å². The zero-order valence-corrected chi connectivity index (χ0v) is 13.6. The van der Waals surface area contributed by atoms with Gasteiger partial charge in [-0.05, 0) is 42.5 Å². The number of rotatable bonds is 4. The van der Waals surface area contributed by atoms with Crippen molar-refractivity contribution in [3.63, 3.8) is 0 Å². The number of nitrogens with zero attached hydrogens (tertiary/aromatic N) is 3. The molecule has 0 aliphatic carbocycles. The van der Waals surface area contributed by atoms with E-state index in [4.69, 9.17) is 33.7 Å². The van der Waals surface area contributed by atoms with E-state index in [1.54, 1.807) is 42.5 Å². The Balaban J connectivity index is 2.06. The maximum absolute atomic E-state index is 12.2. The summed E-state index contributed by atoms with van der Waals surface area (Å²) >= 11 is 11.8. The number of amides is 1. The van der Waals surface area contributed by atoms with Gasteiger partial charge in [-0.15, -0.1) is 0 Å². The van der Waals surface area contributed by atoms with E-state index < -0.39 is 0 Å². The van der Waals surface area contributed by atoms with Gasteiger partial charge in [0.15, 0.2) is 0 Å². The van der Waals surface area contributed by atoms with Crippen LogP contribution in [0.4, 0.5) is 11.4 Å². The molecule has 0 aromatic heterocycles. The van der Waals surface area contributed by atoms with E-state index in [2.05, 4.69) is 15.8 Å². The molecule has 2 N–H and O–H groups in total. The lowest BCUT2D eigenvalue weighted by Crippen LogP contribution is -2.12. The van der Waals surface area contributed by atoms with Gasteiger partial charge in [-0.2, -0.15) is 15.6 Å². The van der Waals surface area contributed by atoms with Crippen molar-refractivity contribution in [1.82, 2.24) is 0 Å². The minimum Gasteiger partial charge on any atom is -0.322 e. The third-order valence-electron chi connectivity index (χ3n) is 2.83. The first-order valence-electron chi connectivity index (χ1n) is 6.54. The Bertz CT molecular complexity index is 863. The van der Waals surface area contributed by atoms with Crippen LogP contribution in [-0.2, 0) is 0 Å². The Morgan fingerprint density at radius 3 is 2.21 bits per heavy atom. The van der Waals surface area contributed by atoms with Crippen LogP contribution in [0.2, 0.25) is 10.0 Å². The number of anilines is 2. The monoisotopic (exact) mass is 357 g/mol. The average Bonchev–Trinajstić information content (AvgIpc) is 2.57. The van der Waals surface area contributed by atoms with Gasteiger partial charge in [-0.1, -0.05) is 23.2 Å². The van der Waals surface area contributed by atoms with E-state index in [1.165, 1.54) is 12.1 Å². The first kappa shape index (κ1) is 17.3. The molecule has 0 aliphatic rings. The van der Waals surface area contributed by atoms with Crippen molar-refractivity contribution in [2.45, 2.75) is 0 Å². The van der Waals surface area contributed by atoms with Crippen molar-refractivity contribution in [2.75, 3.05) is 10.7 Å². The van der Waals surface area contributed by atoms with Crippen LogP contribution in [-0.4, -0.2) is 11.6 Å². The van der Waals surface area contributed by atoms with Crippen LogP contribution in [0.3, 0.4) is 0 Å². The zero-order valence-electron chi connectivity index (χ0n) is 12.0. The lowest BCUT2D eigenvalue weighted by Gasteiger charge is -2.08. The van der Waals surface area contributed by atoms with Crippen molar-refractivity contribution < 1.29 is 4.79 Å². The molecule has 0 heterocycles. The number of halogens is 2. The smallest absolute Gasteiger partial charge is 0.257 e. The SMILES string of the molecule is N#CC(C#N)=NNc1ccc(NC(=O)c2ccc(Cl)cc2Cl)cc1. The normalized spacial score (nSPS) is 9.33. The predicted molar refractivity (Wildman–Crippen MR) is 93.1 cm³/mol. The van der Waals surface area contributed by atoms with E-state index >= 15 is 0 Å². The standard InChI is InChI=1S/C16H9Cl2N5O/c17-10-1-6-14(15(18)7-10)16(24)21-11-2-4-12(5-3-11)22-23-13(8-19)9-20/h1-7,22H,(H,21,24). The van der Waals surface area contributed by atoms with Crippen LogP contribution in [0.15, 0.2) is 47.6 Å². The Labute approximate surface area is 147 Å². The van der Waals surface area contributed by atoms with Crippen molar-refractivity contribution in [3.8, 4) is 12.1 Å². The summed E-state index contributed by atoms with van der Waals surface area (Å²) in [6, 6.07) is 14.4. The molecule has 0 saturated heterocycles. The maximum Gasteiger partial charge on any atom is 0.257 e. The van der Waals surface area contributed by atoms with Crippen LogP contribution in [0, 0.1) is 22.7 Å². The van der Waals surface area contributed by atoms with Gasteiger partial charge in [0.25, 0.3) is 5.91 Å². The summed E-state index contributed by atoms with van der Waals surface area (Å²) in [6.07, 6.45) is 0. The molecule has 118 valence electrons. The maximum atomic E-state index is 12.2. The molecule has 0 radical (unpaired) electrons. The van der Waals surface area contributed by atoms with E-state index in [1.807, 2.05) is 0 Å². The number of nitrogens with one attached hydrogen (secondary N) is 2. The van der Waals surface area contributed by atoms with Crippen molar-refractivity contribution in [2.24, 2.45) is 5.10 Å². The summed E-state index contributed by atoms with van der Waals surface area (Å²) < 4.78 is 0. The number of carbonyl (C=O) groups excluding carboxylic acids is 1. The fraction of sp³-hybridized carbons (Fsp3) is 0. The first-order valence-corrected chi connectivity index (χ1v) is 7.29. The minimum atomic E-state index is -0.369. The molecule has 0 atom stereocenters. The van der Waals surface area contributed by atoms with Crippen molar-refractivity contribution in [3.05, 3.63) is 58.1 Å².